The van der Waals surface area contributed by atoms with E-state index in [1.54, 1.807) is 11.3 Å². The van der Waals surface area contributed by atoms with Crippen LogP contribution in [-0.4, -0.2) is 36.8 Å². The van der Waals surface area contributed by atoms with Crippen LogP contribution < -0.4 is 0 Å². The van der Waals surface area contributed by atoms with Crippen molar-refractivity contribution in [1.82, 2.24) is 4.90 Å². The molecule has 3 aliphatic rings. The van der Waals surface area contributed by atoms with Crippen molar-refractivity contribution in [3.63, 3.8) is 0 Å². The molecule has 2 aromatic carbocycles. The molecule has 1 amide bonds. The molecule has 0 spiro atoms. The van der Waals surface area contributed by atoms with Gasteiger partial charge in [-0.2, -0.15) is 0 Å². The van der Waals surface area contributed by atoms with E-state index in [1.807, 2.05) is 4.90 Å². The van der Waals surface area contributed by atoms with E-state index >= 15 is 0 Å². The Balaban J connectivity index is 1.20. The van der Waals surface area contributed by atoms with Gasteiger partial charge in [0.25, 0.3) is 0 Å². The van der Waals surface area contributed by atoms with Crippen molar-refractivity contribution in [2.75, 3.05) is 19.8 Å². The van der Waals surface area contributed by atoms with E-state index in [9.17, 15) is 4.79 Å². The lowest BCUT2D eigenvalue weighted by Gasteiger charge is -2.33. The zero-order chi connectivity index (χ0) is 20.8. The van der Waals surface area contributed by atoms with Crippen LogP contribution in [0.25, 0.3) is 11.1 Å². The molecule has 0 radical (unpaired) electrons. The quantitative estimate of drug-likeness (QED) is 0.528. The first-order valence-electron chi connectivity index (χ1n) is 11.1. The topological polar surface area (TPSA) is 38.8 Å². The third kappa shape index (κ3) is 3.19. The summed E-state index contributed by atoms with van der Waals surface area (Å²) in [4.78, 5) is 16.4. The largest absolute Gasteiger partial charge is 0.448 e. The van der Waals surface area contributed by atoms with Crippen molar-refractivity contribution in [3.05, 3.63) is 81.5 Å². The molecule has 1 fully saturated rings. The van der Waals surface area contributed by atoms with Crippen LogP contribution in [0, 0.1) is 0 Å². The standard InChI is InChI=1S/C26H25NO3S/c28-26(27-13-5-10-23(27)24-25-17(11-14-29-24)12-15-31-25)30-16-22-20-8-3-1-6-18(20)19-7-2-4-9-21(19)22/h1-4,6-9,12,15,22-24H,5,10-11,13-14,16H2. The second-order valence-electron chi connectivity index (χ2n) is 8.56. The molecular formula is C26H25NO3S. The molecule has 2 unspecified atom stereocenters. The minimum atomic E-state index is -0.211. The van der Waals surface area contributed by atoms with Gasteiger partial charge in [0.05, 0.1) is 12.6 Å². The maximum Gasteiger partial charge on any atom is 0.410 e. The number of thiophene rings is 1. The highest BCUT2D eigenvalue weighted by Crippen LogP contribution is 2.45. The summed E-state index contributed by atoms with van der Waals surface area (Å²) in [5.74, 6) is 0.0900. The molecule has 3 aromatic rings. The van der Waals surface area contributed by atoms with Gasteiger partial charge in [-0.3, -0.25) is 0 Å². The van der Waals surface area contributed by atoms with Crippen LogP contribution in [-0.2, 0) is 15.9 Å². The van der Waals surface area contributed by atoms with Crippen LogP contribution in [0.3, 0.4) is 0 Å². The van der Waals surface area contributed by atoms with Gasteiger partial charge < -0.3 is 14.4 Å². The Morgan fingerprint density at radius 1 is 1.06 bits per heavy atom. The van der Waals surface area contributed by atoms with Crippen molar-refractivity contribution in [3.8, 4) is 11.1 Å². The van der Waals surface area contributed by atoms with Crippen LogP contribution in [0.4, 0.5) is 4.79 Å². The van der Waals surface area contributed by atoms with Crippen molar-refractivity contribution in [1.29, 1.82) is 0 Å². The summed E-state index contributed by atoms with van der Waals surface area (Å²) >= 11 is 1.75. The second kappa shape index (κ2) is 7.81. The Morgan fingerprint density at radius 3 is 2.58 bits per heavy atom. The molecule has 0 saturated carbocycles. The number of fused-ring (bicyclic) bond motifs is 4. The molecule has 1 aliphatic carbocycles. The molecule has 1 saturated heterocycles. The number of hydrogen-bond donors (Lipinski definition) is 0. The van der Waals surface area contributed by atoms with E-state index in [4.69, 9.17) is 9.47 Å². The smallest absolute Gasteiger partial charge is 0.410 e. The van der Waals surface area contributed by atoms with Crippen molar-refractivity contribution in [2.24, 2.45) is 0 Å². The lowest BCUT2D eigenvalue weighted by Crippen LogP contribution is -2.41. The number of likely N-dealkylation sites (tertiary alicyclic amines) is 1. The fraction of sp³-hybridized carbons (Fsp3) is 0.346. The fourth-order valence-electron chi connectivity index (χ4n) is 5.47. The van der Waals surface area contributed by atoms with Gasteiger partial charge in [0, 0.05) is 17.3 Å². The maximum atomic E-state index is 13.2. The average Bonchev–Trinajstić information content (AvgIpc) is 3.54. The van der Waals surface area contributed by atoms with Crippen LogP contribution in [0.15, 0.2) is 60.0 Å². The first-order chi connectivity index (χ1) is 15.3. The summed E-state index contributed by atoms with van der Waals surface area (Å²) in [5, 5.41) is 2.14. The summed E-state index contributed by atoms with van der Waals surface area (Å²) in [6.45, 7) is 1.83. The van der Waals surface area contributed by atoms with Gasteiger partial charge >= 0.3 is 6.09 Å². The van der Waals surface area contributed by atoms with Gasteiger partial charge in [0.15, 0.2) is 0 Å². The van der Waals surface area contributed by atoms with E-state index in [0.717, 1.165) is 32.4 Å². The Hall–Kier alpha value is -2.63. The lowest BCUT2D eigenvalue weighted by molar-refractivity contribution is -0.0103. The number of carbonyl (C=O) groups excluding carboxylic acids is 1. The number of amides is 1. The van der Waals surface area contributed by atoms with Crippen LogP contribution in [0.5, 0.6) is 0 Å². The summed E-state index contributed by atoms with van der Waals surface area (Å²) in [7, 11) is 0. The molecule has 5 heteroatoms. The average molecular weight is 432 g/mol. The number of nitrogens with zero attached hydrogens (tertiary/aromatic N) is 1. The molecule has 2 aliphatic heterocycles. The second-order valence-corrected chi connectivity index (χ2v) is 9.51. The highest BCUT2D eigenvalue weighted by Gasteiger charge is 2.40. The molecule has 2 atom stereocenters. The zero-order valence-corrected chi connectivity index (χ0v) is 18.1. The van der Waals surface area contributed by atoms with Crippen molar-refractivity contribution >= 4 is 17.4 Å². The SMILES string of the molecule is O=C(OCC1c2ccccc2-c2ccccc21)N1CCCC1C1OCCc2ccsc21. The summed E-state index contributed by atoms with van der Waals surface area (Å²) in [6.07, 6.45) is 2.69. The van der Waals surface area contributed by atoms with Crippen LogP contribution in [0.1, 0.15) is 46.4 Å². The lowest BCUT2D eigenvalue weighted by atomic mass is 9.98. The Bertz CT molecular complexity index is 1080. The molecule has 6 rings (SSSR count). The van der Waals surface area contributed by atoms with Gasteiger partial charge in [0.1, 0.15) is 12.7 Å². The molecule has 1 aromatic heterocycles. The van der Waals surface area contributed by atoms with Gasteiger partial charge in [0.2, 0.25) is 0 Å². The first-order valence-corrected chi connectivity index (χ1v) is 12.0. The maximum absolute atomic E-state index is 13.2. The summed E-state index contributed by atoms with van der Waals surface area (Å²) in [6, 6.07) is 19.2. The third-order valence-corrected chi connectivity index (χ3v) is 7.95. The van der Waals surface area contributed by atoms with E-state index in [1.165, 1.54) is 32.7 Å². The number of carbonyl (C=O) groups is 1. The van der Waals surface area contributed by atoms with E-state index in [0.29, 0.717) is 6.61 Å². The molecule has 0 bridgehead atoms. The molecule has 158 valence electrons. The van der Waals surface area contributed by atoms with Gasteiger partial charge in [-0.15, -0.1) is 11.3 Å². The normalized spacial score (nSPS) is 22.1. The van der Waals surface area contributed by atoms with Crippen molar-refractivity contribution in [2.45, 2.75) is 37.3 Å². The van der Waals surface area contributed by atoms with Gasteiger partial charge in [-0.05, 0) is 58.5 Å². The minimum Gasteiger partial charge on any atom is -0.448 e. The number of benzene rings is 2. The summed E-state index contributed by atoms with van der Waals surface area (Å²) < 4.78 is 12.1. The van der Waals surface area contributed by atoms with Gasteiger partial charge in [-0.1, -0.05) is 48.5 Å². The Morgan fingerprint density at radius 2 is 1.81 bits per heavy atom. The highest BCUT2D eigenvalue weighted by molar-refractivity contribution is 7.10. The Kier molecular flexibility index (Phi) is 4.81. The van der Waals surface area contributed by atoms with E-state index < -0.39 is 0 Å². The molecule has 3 heterocycles. The number of hydrogen-bond acceptors (Lipinski definition) is 4. The minimum absolute atomic E-state index is 0.0215. The predicted molar refractivity (Wildman–Crippen MR) is 122 cm³/mol. The Labute approximate surface area is 186 Å². The van der Waals surface area contributed by atoms with Gasteiger partial charge in [-0.25, -0.2) is 4.79 Å². The molecule has 0 N–H and O–H groups in total. The van der Waals surface area contributed by atoms with Crippen LogP contribution >= 0.6 is 11.3 Å². The fourth-order valence-corrected chi connectivity index (χ4v) is 6.53. The molecule has 4 nitrogen and oxygen atoms in total. The summed E-state index contributed by atoms with van der Waals surface area (Å²) in [5.41, 5.74) is 6.36. The highest BCUT2D eigenvalue weighted by atomic mass is 32.1. The zero-order valence-electron chi connectivity index (χ0n) is 17.3. The van der Waals surface area contributed by atoms with Crippen LogP contribution in [0.2, 0.25) is 0 Å². The molecule has 31 heavy (non-hydrogen) atoms. The number of ether oxygens (including phenoxy) is 2. The van der Waals surface area contributed by atoms with Crippen molar-refractivity contribution < 1.29 is 14.3 Å². The molecular weight excluding hydrogens is 406 g/mol. The first kappa shape index (κ1) is 19.1. The third-order valence-electron chi connectivity index (χ3n) is 6.93. The monoisotopic (exact) mass is 431 g/mol. The predicted octanol–water partition coefficient (Wildman–Crippen LogP) is 5.78. The van der Waals surface area contributed by atoms with E-state index in [2.05, 4.69) is 60.0 Å². The number of rotatable bonds is 3. The van der Waals surface area contributed by atoms with E-state index in [-0.39, 0.29) is 24.2 Å².